The normalized spacial score (nSPS) is 12.5. The maximum absolute atomic E-state index is 5.85. The van der Waals surface area contributed by atoms with Crippen molar-refractivity contribution in [2.45, 2.75) is 0 Å². The van der Waals surface area contributed by atoms with Crippen molar-refractivity contribution in [1.82, 2.24) is 0 Å². The van der Waals surface area contributed by atoms with Crippen LogP contribution in [-0.2, 0) is 0 Å². The fourth-order valence-corrected chi connectivity index (χ4v) is 2.00. The third-order valence-electron chi connectivity index (χ3n) is 2.55. The van der Waals surface area contributed by atoms with E-state index in [0.29, 0.717) is 22.9 Å². The van der Waals surface area contributed by atoms with Gasteiger partial charge < -0.3 is 19.9 Å². The number of rotatable bonds is 2. The van der Waals surface area contributed by atoms with Gasteiger partial charge in [-0.3, -0.25) is 0 Å². The second-order valence-electron chi connectivity index (χ2n) is 3.80. The zero-order valence-corrected chi connectivity index (χ0v) is 10.9. The van der Waals surface area contributed by atoms with Gasteiger partial charge in [0, 0.05) is 10.5 Å². The lowest BCUT2D eigenvalue weighted by atomic mass is 10.3. The van der Waals surface area contributed by atoms with Gasteiger partial charge in [0.2, 0.25) is 6.79 Å². The van der Waals surface area contributed by atoms with Crippen molar-refractivity contribution < 1.29 is 14.2 Å². The molecular weight excluding hydrogens is 298 g/mol. The number of nitrogen functional groups attached to an aromatic ring is 1. The summed E-state index contributed by atoms with van der Waals surface area (Å²) in [6.45, 7) is 0.248. The highest BCUT2D eigenvalue weighted by atomic mass is 79.9. The van der Waals surface area contributed by atoms with Crippen molar-refractivity contribution >= 4 is 21.6 Å². The van der Waals surface area contributed by atoms with Gasteiger partial charge in [0.1, 0.15) is 5.75 Å². The van der Waals surface area contributed by atoms with Crippen LogP contribution in [0.15, 0.2) is 40.9 Å². The van der Waals surface area contributed by atoms with Gasteiger partial charge in [-0.1, -0.05) is 15.9 Å². The molecule has 0 bridgehead atoms. The maximum atomic E-state index is 5.85. The summed E-state index contributed by atoms with van der Waals surface area (Å²) in [7, 11) is 0. The standard InChI is InChI=1S/C13H10BrNO3/c14-8-1-3-10(15)12(5-8)18-9-2-4-11-13(6-9)17-7-16-11/h1-6H,7,15H2. The van der Waals surface area contributed by atoms with E-state index in [2.05, 4.69) is 15.9 Å². The van der Waals surface area contributed by atoms with Crippen LogP contribution in [0.5, 0.6) is 23.0 Å². The van der Waals surface area contributed by atoms with Crippen LogP contribution in [0.1, 0.15) is 0 Å². The lowest BCUT2D eigenvalue weighted by Crippen LogP contribution is -1.93. The van der Waals surface area contributed by atoms with Crippen LogP contribution >= 0.6 is 15.9 Å². The maximum Gasteiger partial charge on any atom is 0.231 e. The van der Waals surface area contributed by atoms with Crippen LogP contribution in [0.2, 0.25) is 0 Å². The Morgan fingerprint density at radius 1 is 1.06 bits per heavy atom. The second kappa shape index (κ2) is 4.42. The molecule has 0 amide bonds. The lowest BCUT2D eigenvalue weighted by Gasteiger charge is -2.09. The summed E-state index contributed by atoms with van der Waals surface area (Å²) in [5.74, 6) is 2.66. The van der Waals surface area contributed by atoms with Crippen molar-refractivity contribution in [2.24, 2.45) is 0 Å². The first-order chi connectivity index (χ1) is 8.72. The van der Waals surface area contributed by atoms with E-state index < -0.39 is 0 Å². The minimum absolute atomic E-state index is 0.248. The quantitative estimate of drug-likeness (QED) is 0.862. The predicted molar refractivity (Wildman–Crippen MR) is 71.2 cm³/mol. The molecule has 92 valence electrons. The summed E-state index contributed by atoms with van der Waals surface area (Å²) in [5, 5.41) is 0. The number of anilines is 1. The van der Waals surface area contributed by atoms with Gasteiger partial charge in [-0.2, -0.15) is 0 Å². The molecule has 0 fully saturated rings. The molecule has 3 rings (SSSR count). The average Bonchev–Trinajstić information content (AvgIpc) is 2.81. The summed E-state index contributed by atoms with van der Waals surface area (Å²) >= 11 is 3.38. The number of fused-ring (bicyclic) bond motifs is 1. The molecule has 0 unspecified atom stereocenters. The molecule has 4 nitrogen and oxygen atoms in total. The van der Waals surface area contributed by atoms with Crippen LogP contribution in [0.25, 0.3) is 0 Å². The van der Waals surface area contributed by atoms with Gasteiger partial charge in [0.25, 0.3) is 0 Å². The summed E-state index contributed by atoms with van der Waals surface area (Å²) < 4.78 is 17.2. The van der Waals surface area contributed by atoms with Crippen molar-refractivity contribution in [3.8, 4) is 23.0 Å². The van der Waals surface area contributed by atoms with E-state index in [4.69, 9.17) is 19.9 Å². The molecule has 0 saturated heterocycles. The van der Waals surface area contributed by atoms with Crippen LogP contribution in [0, 0.1) is 0 Å². The molecule has 0 radical (unpaired) electrons. The number of benzene rings is 2. The molecule has 0 aromatic heterocycles. The van der Waals surface area contributed by atoms with E-state index in [1.54, 1.807) is 12.1 Å². The van der Waals surface area contributed by atoms with Crippen molar-refractivity contribution in [3.63, 3.8) is 0 Å². The number of nitrogens with two attached hydrogens (primary N) is 1. The molecule has 2 aromatic carbocycles. The SMILES string of the molecule is Nc1ccc(Br)cc1Oc1ccc2c(c1)OCO2. The van der Waals surface area contributed by atoms with Crippen LogP contribution in [0.3, 0.4) is 0 Å². The Balaban J connectivity index is 1.90. The van der Waals surface area contributed by atoms with Crippen molar-refractivity contribution in [2.75, 3.05) is 12.5 Å². The number of ether oxygens (including phenoxy) is 3. The zero-order valence-electron chi connectivity index (χ0n) is 9.35. The summed E-state index contributed by atoms with van der Waals surface area (Å²) in [6, 6.07) is 10.9. The van der Waals surface area contributed by atoms with Gasteiger partial charge >= 0.3 is 0 Å². The largest absolute Gasteiger partial charge is 0.455 e. The first-order valence-electron chi connectivity index (χ1n) is 5.35. The molecular formula is C13H10BrNO3. The Kier molecular flexibility index (Phi) is 2.76. The zero-order chi connectivity index (χ0) is 12.5. The Hall–Kier alpha value is -1.88. The average molecular weight is 308 g/mol. The number of hydrogen-bond donors (Lipinski definition) is 1. The Bertz CT molecular complexity index is 601. The fourth-order valence-electron chi connectivity index (χ4n) is 1.66. The van der Waals surface area contributed by atoms with Gasteiger partial charge in [-0.25, -0.2) is 0 Å². The van der Waals surface area contributed by atoms with Gasteiger partial charge in [0.15, 0.2) is 17.2 Å². The molecule has 0 saturated carbocycles. The monoisotopic (exact) mass is 307 g/mol. The van der Waals surface area contributed by atoms with Gasteiger partial charge in [-0.15, -0.1) is 0 Å². The van der Waals surface area contributed by atoms with Crippen LogP contribution < -0.4 is 19.9 Å². The van der Waals surface area contributed by atoms with Crippen molar-refractivity contribution in [1.29, 1.82) is 0 Å². The van der Waals surface area contributed by atoms with Gasteiger partial charge in [0.05, 0.1) is 5.69 Å². The molecule has 1 aliphatic rings. The van der Waals surface area contributed by atoms with Crippen LogP contribution in [-0.4, -0.2) is 6.79 Å². The molecule has 5 heteroatoms. The second-order valence-corrected chi connectivity index (χ2v) is 4.71. The third-order valence-corrected chi connectivity index (χ3v) is 3.04. The van der Waals surface area contributed by atoms with Gasteiger partial charge in [-0.05, 0) is 30.3 Å². The first kappa shape index (κ1) is 11.2. The summed E-state index contributed by atoms with van der Waals surface area (Å²) in [4.78, 5) is 0. The summed E-state index contributed by atoms with van der Waals surface area (Å²) in [6.07, 6.45) is 0. The highest BCUT2D eigenvalue weighted by Crippen LogP contribution is 2.38. The molecule has 2 N–H and O–H groups in total. The molecule has 18 heavy (non-hydrogen) atoms. The third kappa shape index (κ3) is 2.09. The molecule has 1 heterocycles. The highest BCUT2D eigenvalue weighted by molar-refractivity contribution is 9.10. The topological polar surface area (TPSA) is 53.7 Å². The fraction of sp³-hybridized carbons (Fsp3) is 0.0769. The summed E-state index contributed by atoms with van der Waals surface area (Å²) in [5.41, 5.74) is 6.43. The van der Waals surface area contributed by atoms with Crippen LogP contribution in [0.4, 0.5) is 5.69 Å². The number of hydrogen-bond acceptors (Lipinski definition) is 4. The van der Waals surface area contributed by atoms with E-state index >= 15 is 0 Å². The Labute approximate surface area is 112 Å². The highest BCUT2D eigenvalue weighted by Gasteiger charge is 2.14. The minimum atomic E-state index is 0.248. The van der Waals surface area contributed by atoms with E-state index in [9.17, 15) is 0 Å². The molecule has 0 aliphatic carbocycles. The lowest BCUT2D eigenvalue weighted by molar-refractivity contribution is 0.174. The van der Waals surface area contributed by atoms with E-state index in [1.807, 2.05) is 24.3 Å². The van der Waals surface area contributed by atoms with Crippen molar-refractivity contribution in [3.05, 3.63) is 40.9 Å². The molecule has 0 atom stereocenters. The Morgan fingerprint density at radius 2 is 1.89 bits per heavy atom. The van der Waals surface area contributed by atoms with E-state index in [1.165, 1.54) is 0 Å². The minimum Gasteiger partial charge on any atom is -0.455 e. The number of halogens is 1. The molecule has 2 aromatic rings. The molecule has 1 aliphatic heterocycles. The van der Waals surface area contributed by atoms with E-state index in [0.717, 1.165) is 10.2 Å². The predicted octanol–water partition coefficient (Wildman–Crippen LogP) is 3.55. The molecule has 0 spiro atoms. The Morgan fingerprint density at radius 3 is 2.78 bits per heavy atom. The van der Waals surface area contributed by atoms with E-state index in [-0.39, 0.29) is 6.79 Å². The smallest absolute Gasteiger partial charge is 0.231 e. The first-order valence-corrected chi connectivity index (χ1v) is 6.14.